The summed E-state index contributed by atoms with van der Waals surface area (Å²) < 4.78 is 0. The summed E-state index contributed by atoms with van der Waals surface area (Å²) in [5.41, 5.74) is 2.65. The fourth-order valence-electron chi connectivity index (χ4n) is 2.90. The lowest BCUT2D eigenvalue weighted by Gasteiger charge is -2.29. The lowest BCUT2D eigenvalue weighted by atomic mass is 9.99. The molecule has 2 aliphatic rings. The average Bonchev–Trinajstić information content (AvgIpc) is 3.02. The Labute approximate surface area is 114 Å². The molecule has 1 N–H and O–H groups in total. The Balaban J connectivity index is 1.65. The van der Waals surface area contributed by atoms with Crippen LogP contribution in [0.15, 0.2) is 36.4 Å². The second-order valence-electron chi connectivity index (χ2n) is 5.28. The summed E-state index contributed by atoms with van der Waals surface area (Å²) in [5, 5.41) is 3.28. The van der Waals surface area contributed by atoms with Gasteiger partial charge < -0.3 is 10.2 Å². The van der Waals surface area contributed by atoms with Crippen molar-refractivity contribution in [3.05, 3.63) is 42.0 Å². The first-order valence-electron chi connectivity index (χ1n) is 7.11. The lowest BCUT2D eigenvalue weighted by Crippen LogP contribution is -2.45. The standard InChI is InChI=1S/C16H20N2O/c19-16(15-7-4-10-17-15)18-11-8-14(9-12-18)13-5-2-1-3-6-13/h1-3,5-6,8,15,17H,4,7,9-12H2/t15-/m0/s1. The van der Waals surface area contributed by atoms with Crippen molar-refractivity contribution < 1.29 is 4.79 Å². The van der Waals surface area contributed by atoms with Crippen molar-refractivity contribution in [1.82, 2.24) is 10.2 Å². The van der Waals surface area contributed by atoms with Crippen LogP contribution in [-0.2, 0) is 4.79 Å². The van der Waals surface area contributed by atoms with Crippen LogP contribution in [0, 0.1) is 0 Å². The van der Waals surface area contributed by atoms with Crippen molar-refractivity contribution in [1.29, 1.82) is 0 Å². The second kappa shape index (κ2) is 5.57. The minimum atomic E-state index is 0.0617. The summed E-state index contributed by atoms with van der Waals surface area (Å²) in [4.78, 5) is 14.3. The Morgan fingerprint density at radius 3 is 2.74 bits per heavy atom. The van der Waals surface area contributed by atoms with Gasteiger partial charge >= 0.3 is 0 Å². The maximum atomic E-state index is 12.3. The highest BCUT2D eigenvalue weighted by atomic mass is 16.2. The van der Waals surface area contributed by atoms with E-state index in [1.165, 1.54) is 11.1 Å². The van der Waals surface area contributed by atoms with Gasteiger partial charge in [-0.2, -0.15) is 0 Å². The summed E-state index contributed by atoms with van der Waals surface area (Å²) in [6.07, 6.45) is 5.27. The monoisotopic (exact) mass is 256 g/mol. The van der Waals surface area contributed by atoms with E-state index in [-0.39, 0.29) is 11.9 Å². The van der Waals surface area contributed by atoms with Crippen LogP contribution in [0.25, 0.3) is 5.57 Å². The normalized spacial score (nSPS) is 23.3. The first-order chi connectivity index (χ1) is 9.34. The first-order valence-corrected chi connectivity index (χ1v) is 7.11. The Hall–Kier alpha value is -1.61. The smallest absolute Gasteiger partial charge is 0.239 e. The Kier molecular flexibility index (Phi) is 3.65. The molecule has 0 unspecified atom stereocenters. The fourth-order valence-corrected chi connectivity index (χ4v) is 2.90. The maximum Gasteiger partial charge on any atom is 0.239 e. The van der Waals surface area contributed by atoms with Crippen LogP contribution in [0.5, 0.6) is 0 Å². The highest BCUT2D eigenvalue weighted by Gasteiger charge is 2.27. The van der Waals surface area contributed by atoms with E-state index >= 15 is 0 Å². The molecule has 2 aliphatic heterocycles. The number of carbonyl (C=O) groups excluding carboxylic acids is 1. The summed E-state index contributed by atoms with van der Waals surface area (Å²) in [6, 6.07) is 10.5. The van der Waals surface area contributed by atoms with Gasteiger partial charge in [-0.1, -0.05) is 36.4 Å². The lowest BCUT2D eigenvalue weighted by molar-refractivity contribution is -0.132. The van der Waals surface area contributed by atoms with E-state index < -0.39 is 0 Å². The third kappa shape index (κ3) is 2.71. The van der Waals surface area contributed by atoms with Crippen molar-refractivity contribution in [2.45, 2.75) is 25.3 Å². The van der Waals surface area contributed by atoms with E-state index in [2.05, 4.69) is 35.7 Å². The summed E-state index contributed by atoms with van der Waals surface area (Å²) in [7, 11) is 0. The molecule has 1 saturated heterocycles. The van der Waals surface area contributed by atoms with Gasteiger partial charge in [0, 0.05) is 13.1 Å². The molecule has 100 valence electrons. The zero-order chi connectivity index (χ0) is 13.1. The quantitative estimate of drug-likeness (QED) is 0.878. The summed E-state index contributed by atoms with van der Waals surface area (Å²) in [5.74, 6) is 0.279. The molecule has 0 aromatic heterocycles. The highest BCUT2D eigenvalue weighted by molar-refractivity contribution is 5.83. The van der Waals surface area contributed by atoms with Gasteiger partial charge in [0.1, 0.15) is 0 Å². The largest absolute Gasteiger partial charge is 0.337 e. The van der Waals surface area contributed by atoms with Gasteiger partial charge in [0.15, 0.2) is 0 Å². The van der Waals surface area contributed by atoms with Gasteiger partial charge in [-0.3, -0.25) is 4.79 Å². The van der Waals surface area contributed by atoms with E-state index in [0.717, 1.165) is 38.9 Å². The van der Waals surface area contributed by atoms with Crippen molar-refractivity contribution in [2.75, 3.05) is 19.6 Å². The molecule has 2 heterocycles. The number of carbonyl (C=O) groups is 1. The maximum absolute atomic E-state index is 12.3. The van der Waals surface area contributed by atoms with Crippen LogP contribution >= 0.6 is 0 Å². The molecule has 1 atom stereocenters. The Morgan fingerprint density at radius 2 is 2.11 bits per heavy atom. The van der Waals surface area contributed by atoms with E-state index in [1.54, 1.807) is 0 Å². The Bertz CT molecular complexity index is 475. The molecule has 0 spiro atoms. The number of hydrogen-bond acceptors (Lipinski definition) is 2. The van der Waals surface area contributed by atoms with Gasteiger partial charge in [0.25, 0.3) is 0 Å². The molecule has 19 heavy (non-hydrogen) atoms. The SMILES string of the molecule is O=C([C@@H]1CCCN1)N1CC=C(c2ccccc2)CC1. The van der Waals surface area contributed by atoms with Crippen LogP contribution in [0.1, 0.15) is 24.8 Å². The van der Waals surface area contributed by atoms with Gasteiger partial charge in [-0.05, 0) is 36.9 Å². The Morgan fingerprint density at radius 1 is 1.26 bits per heavy atom. The molecular weight excluding hydrogens is 236 g/mol. The number of nitrogens with one attached hydrogen (secondary N) is 1. The molecule has 0 bridgehead atoms. The molecular formula is C16H20N2O. The van der Waals surface area contributed by atoms with E-state index in [0.29, 0.717) is 0 Å². The second-order valence-corrected chi connectivity index (χ2v) is 5.28. The van der Waals surface area contributed by atoms with Gasteiger partial charge in [0.05, 0.1) is 6.04 Å². The third-order valence-electron chi connectivity index (χ3n) is 4.02. The molecule has 0 radical (unpaired) electrons. The molecule has 0 saturated carbocycles. The average molecular weight is 256 g/mol. The van der Waals surface area contributed by atoms with E-state index in [1.807, 2.05) is 11.0 Å². The van der Waals surface area contributed by atoms with Crippen LogP contribution in [0.4, 0.5) is 0 Å². The van der Waals surface area contributed by atoms with Crippen molar-refractivity contribution in [3.63, 3.8) is 0 Å². The van der Waals surface area contributed by atoms with Gasteiger partial charge in [-0.25, -0.2) is 0 Å². The van der Waals surface area contributed by atoms with Crippen LogP contribution < -0.4 is 5.32 Å². The predicted octanol–water partition coefficient (Wildman–Crippen LogP) is 2.05. The summed E-state index contributed by atoms with van der Waals surface area (Å²) in [6.45, 7) is 2.58. The molecule has 1 aromatic rings. The van der Waals surface area contributed by atoms with E-state index in [4.69, 9.17) is 0 Å². The van der Waals surface area contributed by atoms with E-state index in [9.17, 15) is 4.79 Å². The molecule has 3 nitrogen and oxygen atoms in total. The number of benzene rings is 1. The number of hydrogen-bond donors (Lipinski definition) is 1. The molecule has 1 fully saturated rings. The zero-order valence-electron chi connectivity index (χ0n) is 11.1. The predicted molar refractivity (Wildman–Crippen MR) is 76.6 cm³/mol. The third-order valence-corrected chi connectivity index (χ3v) is 4.02. The van der Waals surface area contributed by atoms with Crippen molar-refractivity contribution >= 4 is 11.5 Å². The highest BCUT2D eigenvalue weighted by Crippen LogP contribution is 2.22. The van der Waals surface area contributed by atoms with Gasteiger partial charge in [-0.15, -0.1) is 0 Å². The number of amides is 1. The molecule has 1 amide bonds. The number of rotatable bonds is 2. The van der Waals surface area contributed by atoms with Crippen molar-refractivity contribution in [3.8, 4) is 0 Å². The first kappa shape index (κ1) is 12.4. The molecule has 3 rings (SSSR count). The molecule has 1 aromatic carbocycles. The number of nitrogens with zero attached hydrogens (tertiary/aromatic N) is 1. The zero-order valence-corrected chi connectivity index (χ0v) is 11.1. The van der Waals surface area contributed by atoms with Crippen LogP contribution in [-0.4, -0.2) is 36.5 Å². The summed E-state index contributed by atoms with van der Waals surface area (Å²) >= 11 is 0. The minimum absolute atomic E-state index is 0.0617. The van der Waals surface area contributed by atoms with Crippen LogP contribution in [0.3, 0.4) is 0 Å². The molecule has 0 aliphatic carbocycles. The van der Waals surface area contributed by atoms with Crippen molar-refractivity contribution in [2.24, 2.45) is 0 Å². The fraction of sp³-hybridized carbons (Fsp3) is 0.438. The molecule has 3 heteroatoms. The topological polar surface area (TPSA) is 32.3 Å². The van der Waals surface area contributed by atoms with Crippen LogP contribution in [0.2, 0.25) is 0 Å². The van der Waals surface area contributed by atoms with Gasteiger partial charge in [0.2, 0.25) is 5.91 Å². The minimum Gasteiger partial charge on any atom is -0.337 e.